The normalized spacial score (nSPS) is 13.7. The van der Waals surface area contributed by atoms with Gasteiger partial charge in [0.2, 0.25) is 0 Å². The number of para-hydroxylation sites is 3. The van der Waals surface area contributed by atoms with Gasteiger partial charge in [0.15, 0.2) is 5.58 Å². The standard InChI is InChI=1S/C50H47N5O/c1-6-10-21-37(33-43-39(40-27-19-32-52-50(40)51)30-31-46-49(43)56-55(46)35(9-4)20-8-3)53-34(5)38(24-11-7-2)48-47(41-25-15-17-28-44(41)53)42-26-16-18-29-45(42)54(48)36-22-13-12-14-23-36/h6,9-19,21-33H,1,7-8,20H2,2-5H3,(H2,51,52)/b21-10-,24-11-,35-9+,37-33+. The minimum atomic E-state index is 0.463. The highest BCUT2D eigenvalue weighted by molar-refractivity contribution is 6.10. The molecule has 0 radical (unpaired) electrons. The zero-order valence-corrected chi connectivity index (χ0v) is 32.5. The molecule has 0 atom stereocenters. The smallest absolute Gasteiger partial charge is 0.190 e. The molecule has 7 aromatic rings. The van der Waals surface area contributed by atoms with E-state index in [-0.39, 0.29) is 0 Å². The van der Waals surface area contributed by atoms with Crippen molar-refractivity contribution in [3.05, 3.63) is 175 Å². The van der Waals surface area contributed by atoms with Crippen LogP contribution in [0.15, 0.2) is 168 Å². The number of hydrogen-bond acceptors (Lipinski definition) is 4. The summed E-state index contributed by atoms with van der Waals surface area (Å²) in [7, 11) is 0. The van der Waals surface area contributed by atoms with Gasteiger partial charge in [-0.2, -0.15) is 4.74 Å². The second-order valence-electron chi connectivity index (χ2n) is 14.0. The molecule has 8 rings (SSSR count). The van der Waals surface area contributed by atoms with Crippen LogP contribution < -0.4 is 10.6 Å². The van der Waals surface area contributed by atoms with Crippen molar-refractivity contribution in [2.45, 2.75) is 47.0 Å². The van der Waals surface area contributed by atoms with Crippen molar-refractivity contribution in [3.8, 4) is 27.9 Å². The van der Waals surface area contributed by atoms with Gasteiger partial charge in [-0.3, -0.25) is 0 Å². The molecule has 6 nitrogen and oxygen atoms in total. The third-order valence-electron chi connectivity index (χ3n) is 10.6. The first-order valence-corrected chi connectivity index (χ1v) is 19.5. The molecule has 6 heteroatoms. The van der Waals surface area contributed by atoms with E-state index >= 15 is 0 Å². The molecule has 0 aliphatic carbocycles. The lowest BCUT2D eigenvalue weighted by Gasteiger charge is -2.29. The van der Waals surface area contributed by atoms with Gasteiger partial charge in [0.25, 0.3) is 0 Å². The number of pyridine rings is 1. The average molecular weight is 734 g/mol. The topological polar surface area (TPSA) is 65.2 Å². The lowest BCUT2D eigenvalue weighted by atomic mass is 9.96. The summed E-state index contributed by atoms with van der Waals surface area (Å²) in [4.78, 5) is 6.86. The van der Waals surface area contributed by atoms with Crippen LogP contribution in [0.2, 0.25) is 0 Å². The van der Waals surface area contributed by atoms with E-state index in [2.05, 4.69) is 170 Å². The van der Waals surface area contributed by atoms with Gasteiger partial charge in [-0.05, 0) is 86.9 Å². The van der Waals surface area contributed by atoms with Gasteiger partial charge in [-0.25, -0.2) is 4.98 Å². The number of aromatic nitrogens is 3. The Morgan fingerprint density at radius 2 is 1.62 bits per heavy atom. The van der Waals surface area contributed by atoms with E-state index in [0.29, 0.717) is 5.82 Å². The Balaban J connectivity index is 1.47. The van der Waals surface area contributed by atoms with E-state index in [4.69, 9.17) is 10.3 Å². The maximum atomic E-state index is 6.63. The van der Waals surface area contributed by atoms with Crippen LogP contribution in [0.1, 0.15) is 58.2 Å². The fourth-order valence-electron chi connectivity index (χ4n) is 8.04. The molecule has 0 unspecified atom stereocenters. The first-order valence-electron chi connectivity index (χ1n) is 19.5. The lowest BCUT2D eigenvalue weighted by Crippen LogP contribution is -2.20. The molecular weight excluding hydrogens is 687 g/mol. The third kappa shape index (κ3) is 6.13. The number of nitrogens with two attached hydrogens (primary N) is 1. The van der Waals surface area contributed by atoms with E-state index in [1.165, 1.54) is 10.9 Å². The fourth-order valence-corrected chi connectivity index (χ4v) is 8.04. The molecule has 4 heterocycles. The number of anilines is 2. The predicted molar refractivity (Wildman–Crippen MR) is 237 cm³/mol. The summed E-state index contributed by atoms with van der Waals surface area (Å²) < 4.78 is 11.0. The monoisotopic (exact) mass is 733 g/mol. The zero-order valence-electron chi connectivity index (χ0n) is 32.5. The highest BCUT2D eigenvalue weighted by Crippen LogP contribution is 2.50. The molecule has 4 aromatic carbocycles. The van der Waals surface area contributed by atoms with E-state index < -0.39 is 0 Å². The quantitative estimate of drug-likeness (QED) is 0.134. The number of fused-ring (bicyclic) bond motifs is 6. The molecule has 56 heavy (non-hydrogen) atoms. The predicted octanol–water partition coefficient (Wildman–Crippen LogP) is 13.5. The summed E-state index contributed by atoms with van der Waals surface area (Å²) in [5.74, 6) is 0.463. The van der Waals surface area contributed by atoms with Gasteiger partial charge >= 0.3 is 0 Å². The summed E-state index contributed by atoms with van der Waals surface area (Å²) in [6.07, 6.45) is 19.4. The fraction of sp³-hybridized carbons (Fsp3) is 0.140. The average Bonchev–Trinajstić information content (AvgIpc) is 3.51. The van der Waals surface area contributed by atoms with Crippen molar-refractivity contribution in [2.75, 3.05) is 10.6 Å². The minimum Gasteiger partial charge on any atom is -0.383 e. The first kappa shape index (κ1) is 36.2. The van der Waals surface area contributed by atoms with Crippen molar-refractivity contribution >= 4 is 50.9 Å². The van der Waals surface area contributed by atoms with Gasteiger partial charge in [0, 0.05) is 56.5 Å². The van der Waals surface area contributed by atoms with Crippen molar-refractivity contribution in [3.63, 3.8) is 0 Å². The first-order chi connectivity index (χ1) is 27.5. The Kier molecular flexibility index (Phi) is 10.0. The maximum absolute atomic E-state index is 6.63. The molecule has 3 aromatic heterocycles. The molecule has 0 saturated carbocycles. The van der Waals surface area contributed by atoms with Gasteiger partial charge in [0.05, 0.1) is 22.6 Å². The Hall–Kier alpha value is -6.79. The molecule has 0 fully saturated rings. The summed E-state index contributed by atoms with van der Waals surface area (Å²) in [5, 5.41) is 1.20. The highest BCUT2D eigenvalue weighted by Gasteiger charge is 2.31. The highest BCUT2D eigenvalue weighted by atomic mass is 16.5. The lowest BCUT2D eigenvalue weighted by molar-refractivity contribution is 0.349. The number of allylic oxidation sites excluding steroid dienone is 9. The SMILES string of the molecule is C=C/C=C\C(=C/c1c(-c2cccnc2N)ccc2c1on2/C(=C/C)CCC)N1C(C)=C(/C=C\CC)c2c(c3ccccc3n2-c2ccccc2)-c2ccccc21. The molecule has 0 saturated heterocycles. The van der Waals surface area contributed by atoms with Crippen molar-refractivity contribution in [2.24, 2.45) is 0 Å². The Morgan fingerprint density at radius 1 is 0.857 bits per heavy atom. The Bertz CT molecular complexity index is 2740. The van der Waals surface area contributed by atoms with Crippen LogP contribution in [0.4, 0.5) is 11.5 Å². The minimum absolute atomic E-state index is 0.463. The Labute approximate surface area is 329 Å². The largest absolute Gasteiger partial charge is 0.383 e. The van der Waals surface area contributed by atoms with Gasteiger partial charge in [0.1, 0.15) is 11.3 Å². The molecule has 1 aliphatic heterocycles. The van der Waals surface area contributed by atoms with Crippen LogP contribution >= 0.6 is 0 Å². The van der Waals surface area contributed by atoms with Crippen molar-refractivity contribution in [1.29, 1.82) is 0 Å². The van der Waals surface area contributed by atoms with Crippen LogP contribution in [0.5, 0.6) is 0 Å². The molecule has 1 aliphatic rings. The maximum Gasteiger partial charge on any atom is 0.190 e. The summed E-state index contributed by atoms with van der Waals surface area (Å²) >= 11 is 0. The zero-order chi connectivity index (χ0) is 38.8. The third-order valence-corrected chi connectivity index (χ3v) is 10.6. The number of nitrogens with zero attached hydrogens (tertiary/aromatic N) is 4. The molecular formula is C50H47N5O. The van der Waals surface area contributed by atoms with Crippen LogP contribution in [-0.2, 0) is 0 Å². The summed E-state index contributed by atoms with van der Waals surface area (Å²) in [6, 6.07) is 36.4. The van der Waals surface area contributed by atoms with Crippen molar-refractivity contribution in [1.82, 2.24) is 14.3 Å². The summed E-state index contributed by atoms with van der Waals surface area (Å²) in [5.41, 5.74) is 22.2. The van der Waals surface area contributed by atoms with Gasteiger partial charge in [-0.15, -0.1) is 0 Å². The van der Waals surface area contributed by atoms with Crippen LogP contribution in [0, 0.1) is 0 Å². The molecule has 0 spiro atoms. The van der Waals surface area contributed by atoms with Gasteiger partial charge < -0.3 is 19.7 Å². The van der Waals surface area contributed by atoms with Crippen LogP contribution in [0.3, 0.4) is 0 Å². The number of rotatable bonds is 11. The van der Waals surface area contributed by atoms with Crippen molar-refractivity contribution < 1.29 is 4.52 Å². The second kappa shape index (κ2) is 15.5. The van der Waals surface area contributed by atoms with E-state index in [0.717, 1.165) is 97.9 Å². The summed E-state index contributed by atoms with van der Waals surface area (Å²) in [6.45, 7) is 12.7. The van der Waals surface area contributed by atoms with Gasteiger partial charge in [-0.1, -0.05) is 118 Å². The second-order valence-corrected chi connectivity index (χ2v) is 14.0. The number of hydrogen-bond donors (Lipinski definition) is 1. The van der Waals surface area contributed by atoms with E-state index in [1.54, 1.807) is 6.20 Å². The number of nitrogen functional groups attached to an aromatic ring is 1. The molecule has 2 N–H and O–H groups in total. The Morgan fingerprint density at radius 3 is 2.39 bits per heavy atom. The number of benzene rings is 4. The molecule has 0 amide bonds. The molecule has 278 valence electrons. The van der Waals surface area contributed by atoms with E-state index in [9.17, 15) is 0 Å². The molecule has 0 bridgehead atoms. The van der Waals surface area contributed by atoms with E-state index in [1.807, 2.05) is 29.0 Å². The van der Waals surface area contributed by atoms with Crippen LogP contribution in [-0.4, -0.2) is 14.3 Å². The van der Waals surface area contributed by atoms with Crippen LogP contribution in [0.25, 0.3) is 67.3 Å².